The maximum Gasteiger partial charge on any atom is 0.110 e. The second-order valence-corrected chi connectivity index (χ2v) is 4.92. The molecule has 0 amide bonds. The molecular formula is C11H16N2OS. The Morgan fingerprint density at radius 1 is 1.60 bits per heavy atom. The first-order valence-electron chi connectivity index (χ1n) is 4.97. The number of hydrogen-bond donors (Lipinski definition) is 1. The molecule has 1 N–H and O–H groups in total. The van der Waals surface area contributed by atoms with Gasteiger partial charge in [-0.3, -0.25) is 0 Å². The van der Waals surface area contributed by atoms with E-state index in [1.165, 1.54) is 16.2 Å². The number of aliphatic hydroxyl groups is 1. The van der Waals surface area contributed by atoms with Gasteiger partial charge in [0.1, 0.15) is 10.9 Å². The lowest BCUT2D eigenvalue weighted by atomic mass is 10.3. The van der Waals surface area contributed by atoms with Gasteiger partial charge in [-0.2, -0.15) is 5.26 Å². The smallest absolute Gasteiger partial charge is 0.110 e. The van der Waals surface area contributed by atoms with Crippen LogP contribution in [0.15, 0.2) is 12.1 Å². The van der Waals surface area contributed by atoms with Gasteiger partial charge in [0.05, 0.1) is 6.10 Å². The first kappa shape index (κ1) is 12.2. The first-order chi connectivity index (χ1) is 7.11. The van der Waals surface area contributed by atoms with E-state index in [0.717, 1.165) is 24.4 Å². The van der Waals surface area contributed by atoms with E-state index in [9.17, 15) is 0 Å². The third-order valence-electron chi connectivity index (χ3n) is 2.13. The van der Waals surface area contributed by atoms with Gasteiger partial charge < -0.3 is 10.0 Å². The van der Waals surface area contributed by atoms with Gasteiger partial charge in [-0.1, -0.05) is 0 Å². The van der Waals surface area contributed by atoms with Crippen LogP contribution in [0.4, 0.5) is 0 Å². The Bertz CT molecular complexity index is 341. The molecule has 1 aromatic heterocycles. The number of thiophene rings is 1. The molecule has 1 unspecified atom stereocenters. The number of nitrogens with zero attached hydrogens (tertiary/aromatic N) is 2. The fourth-order valence-electron chi connectivity index (χ4n) is 1.28. The number of hydrogen-bond acceptors (Lipinski definition) is 4. The van der Waals surface area contributed by atoms with Crippen molar-refractivity contribution in [2.45, 2.75) is 26.0 Å². The van der Waals surface area contributed by atoms with Gasteiger partial charge >= 0.3 is 0 Å². The fraction of sp³-hybridized carbons (Fsp3) is 0.545. The van der Waals surface area contributed by atoms with Crippen molar-refractivity contribution in [3.63, 3.8) is 0 Å². The quantitative estimate of drug-likeness (QED) is 0.830. The minimum Gasteiger partial charge on any atom is -0.393 e. The van der Waals surface area contributed by atoms with Crippen molar-refractivity contribution in [2.75, 3.05) is 13.6 Å². The molecule has 0 bridgehead atoms. The zero-order chi connectivity index (χ0) is 11.3. The maximum atomic E-state index is 9.14. The molecule has 0 saturated carbocycles. The summed E-state index contributed by atoms with van der Waals surface area (Å²) in [6, 6.07) is 5.97. The van der Waals surface area contributed by atoms with Crippen LogP contribution >= 0.6 is 11.3 Å². The largest absolute Gasteiger partial charge is 0.393 e. The third-order valence-corrected chi connectivity index (χ3v) is 3.10. The van der Waals surface area contributed by atoms with Crippen LogP contribution in [0.1, 0.15) is 23.1 Å². The number of aliphatic hydroxyl groups excluding tert-OH is 1. The molecule has 82 valence electrons. The monoisotopic (exact) mass is 224 g/mol. The Labute approximate surface area is 94.6 Å². The summed E-state index contributed by atoms with van der Waals surface area (Å²) in [5, 5.41) is 17.8. The maximum absolute atomic E-state index is 9.14. The highest BCUT2D eigenvalue weighted by molar-refractivity contribution is 7.12. The second kappa shape index (κ2) is 5.86. The molecule has 0 aliphatic carbocycles. The van der Waals surface area contributed by atoms with Gasteiger partial charge in [0.15, 0.2) is 0 Å². The van der Waals surface area contributed by atoms with Gasteiger partial charge in [0, 0.05) is 18.0 Å². The summed E-state index contributed by atoms with van der Waals surface area (Å²) in [6.45, 7) is 3.52. The summed E-state index contributed by atoms with van der Waals surface area (Å²) in [4.78, 5) is 4.10. The highest BCUT2D eigenvalue weighted by Crippen LogP contribution is 2.16. The van der Waals surface area contributed by atoms with Gasteiger partial charge in [0.25, 0.3) is 0 Å². The first-order valence-corrected chi connectivity index (χ1v) is 5.79. The van der Waals surface area contributed by atoms with Gasteiger partial charge in [-0.25, -0.2) is 0 Å². The van der Waals surface area contributed by atoms with Crippen LogP contribution in [0.2, 0.25) is 0 Å². The Hall–Kier alpha value is -0.890. The Morgan fingerprint density at radius 2 is 2.33 bits per heavy atom. The average molecular weight is 224 g/mol. The molecule has 1 heterocycles. The predicted octanol–water partition coefficient (Wildman–Crippen LogP) is 1.82. The van der Waals surface area contributed by atoms with E-state index in [1.807, 2.05) is 19.2 Å². The van der Waals surface area contributed by atoms with Crippen molar-refractivity contribution in [2.24, 2.45) is 0 Å². The normalized spacial score (nSPS) is 12.7. The molecule has 0 spiro atoms. The van der Waals surface area contributed by atoms with Crippen LogP contribution in [0.25, 0.3) is 0 Å². The van der Waals surface area contributed by atoms with E-state index in [4.69, 9.17) is 10.4 Å². The Balaban J connectivity index is 2.38. The SMILES string of the molecule is CC(O)CCN(C)Cc1ccc(C#N)s1. The van der Waals surface area contributed by atoms with E-state index >= 15 is 0 Å². The van der Waals surface area contributed by atoms with Gasteiger partial charge in [-0.05, 0) is 32.5 Å². The van der Waals surface area contributed by atoms with E-state index in [2.05, 4.69) is 11.0 Å². The summed E-state index contributed by atoms with van der Waals surface area (Å²) in [6.07, 6.45) is 0.540. The van der Waals surface area contributed by atoms with Crippen molar-refractivity contribution in [3.8, 4) is 6.07 Å². The van der Waals surface area contributed by atoms with Crippen LogP contribution < -0.4 is 0 Å². The predicted molar refractivity (Wildman–Crippen MR) is 61.7 cm³/mol. The van der Waals surface area contributed by atoms with Crippen LogP contribution in [0, 0.1) is 11.3 Å². The molecule has 1 aromatic rings. The molecule has 1 atom stereocenters. The molecule has 15 heavy (non-hydrogen) atoms. The zero-order valence-electron chi connectivity index (χ0n) is 9.10. The lowest BCUT2D eigenvalue weighted by molar-refractivity contribution is 0.163. The van der Waals surface area contributed by atoms with Gasteiger partial charge in [-0.15, -0.1) is 11.3 Å². The summed E-state index contributed by atoms with van der Waals surface area (Å²) < 4.78 is 0. The number of nitriles is 1. The lowest BCUT2D eigenvalue weighted by Crippen LogP contribution is -2.21. The summed E-state index contributed by atoms with van der Waals surface area (Å²) in [5.41, 5.74) is 0. The molecule has 0 fully saturated rings. The fourth-order valence-corrected chi connectivity index (χ4v) is 2.16. The lowest BCUT2D eigenvalue weighted by Gasteiger charge is -2.16. The molecule has 0 aliphatic rings. The van der Waals surface area contributed by atoms with E-state index in [1.54, 1.807) is 6.92 Å². The van der Waals surface area contributed by atoms with E-state index in [0.29, 0.717) is 0 Å². The molecule has 0 aliphatic heterocycles. The van der Waals surface area contributed by atoms with Crippen molar-refractivity contribution in [3.05, 3.63) is 21.9 Å². The standard InChI is InChI=1S/C11H16N2OS/c1-9(14)5-6-13(2)8-11-4-3-10(7-12)15-11/h3-4,9,14H,5-6,8H2,1-2H3. The number of rotatable bonds is 5. The van der Waals surface area contributed by atoms with Crippen LogP contribution in [-0.2, 0) is 6.54 Å². The van der Waals surface area contributed by atoms with E-state index < -0.39 is 0 Å². The molecule has 1 rings (SSSR count). The topological polar surface area (TPSA) is 47.3 Å². The third kappa shape index (κ3) is 4.43. The minimum absolute atomic E-state index is 0.245. The zero-order valence-corrected chi connectivity index (χ0v) is 9.92. The van der Waals surface area contributed by atoms with Crippen molar-refractivity contribution < 1.29 is 5.11 Å². The summed E-state index contributed by atoms with van der Waals surface area (Å²) >= 11 is 1.53. The van der Waals surface area contributed by atoms with Crippen LogP contribution in [0.5, 0.6) is 0 Å². The molecule has 0 radical (unpaired) electrons. The van der Waals surface area contributed by atoms with Crippen LogP contribution in [-0.4, -0.2) is 29.7 Å². The Kier molecular flexibility index (Phi) is 4.76. The summed E-state index contributed by atoms with van der Waals surface area (Å²) in [7, 11) is 2.02. The van der Waals surface area contributed by atoms with Crippen LogP contribution in [0.3, 0.4) is 0 Å². The van der Waals surface area contributed by atoms with Crippen molar-refractivity contribution in [1.29, 1.82) is 5.26 Å². The molecule has 0 aromatic carbocycles. The highest BCUT2D eigenvalue weighted by Gasteiger charge is 2.04. The Morgan fingerprint density at radius 3 is 2.87 bits per heavy atom. The molecule has 3 nitrogen and oxygen atoms in total. The summed E-state index contributed by atoms with van der Waals surface area (Å²) in [5.74, 6) is 0. The highest BCUT2D eigenvalue weighted by atomic mass is 32.1. The minimum atomic E-state index is -0.245. The molecule has 0 saturated heterocycles. The van der Waals surface area contributed by atoms with Crippen molar-refractivity contribution >= 4 is 11.3 Å². The van der Waals surface area contributed by atoms with E-state index in [-0.39, 0.29) is 6.10 Å². The molecular weight excluding hydrogens is 208 g/mol. The van der Waals surface area contributed by atoms with Crippen molar-refractivity contribution in [1.82, 2.24) is 4.90 Å². The van der Waals surface area contributed by atoms with Gasteiger partial charge in [0.2, 0.25) is 0 Å². The molecule has 4 heteroatoms. The second-order valence-electron chi connectivity index (χ2n) is 3.75. The average Bonchev–Trinajstić information content (AvgIpc) is 2.62.